The standard InChI is InChI=1S/C16H20F3NO4/c1-15(2,16(17,18)19)9-14(22)20-5-7-23-10-11(20)8-12(21)13-4-3-6-24-13/h3-4,6,11H,5,7-10H2,1-2H3. The van der Waals surface area contributed by atoms with Crippen LogP contribution in [0.5, 0.6) is 0 Å². The number of carbonyl (C=O) groups excluding carboxylic acids is 2. The lowest BCUT2D eigenvalue weighted by Gasteiger charge is -2.37. The summed E-state index contributed by atoms with van der Waals surface area (Å²) in [5.74, 6) is -0.787. The van der Waals surface area contributed by atoms with E-state index in [1.54, 1.807) is 6.07 Å². The second kappa shape index (κ2) is 6.96. The molecule has 0 aliphatic carbocycles. The van der Waals surface area contributed by atoms with Gasteiger partial charge in [0.1, 0.15) is 0 Å². The summed E-state index contributed by atoms with van der Waals surface area (Å²) in [4.78, 5) is 25.8. The molecule has 1 aliphatic heterocycles. The number of ether oxygens (including phenoxy) is 1. The molecule has 1 aliphatic rings. The van der Waals surface area contributed by atoms with E-state index in [1.807, 2.05) is 0 Å². The minimum Gasteiger partial charge on any atom is -0.461 e. The monoisotopic (exact) mass is 347 g/mol. The van der Waals surface area contributed by atoms with Crippen molar-refractivity contribution in [1.29, 1.82) is 0 Å². The third-order valence-electron chi connectivity index (χ3n) is 4.13. The van der Waals surface area contributed by atoms with E-state index in [-0.39, 0.29) is 37.7 Å². The molecule has 0 saturated carbocycles. The molecule has 0 N–H and O–H groups in total. The molecule has 134 valence electrons. The van der Waals surface area contributed by atoms with E-state index in [9.17, 15) is 22.8 Å². The fourth-order valence-corrected chi connectivity index (χ4v) is 2.48. The molecule has 0 spiro atoms. The minimum absolute atomic E-state index is 0.0499. The molecule has 2 rings (SSSR count). The minimum atomic E-state index is -4.48. The van der Waals surface area contributed by atoms with Crippen LogP contribution >= 0.6 is 0 Å². The third-order valence-corrected chi connectivity index (χ3v) is 4.13. The van der Waals surface area contributed by atoms with Crippen molar-refractivity contribution in [3.05, 3.63) is 24.2 Å². The zero-order valence-electron chi connectivity index (χ0n) is 13.6. The van der Waals surface area contributed by atoms with Gasteiger partial charge < -0.3 is 14.1 Å². The van der Waals surface area contributed by atoms with Gasteiger partial charge in [0.25, 0.3) is 0 Å². The molecule has 8 heteroatoms. The number of rotatable bonds is 5. The third kappa shape index (κ3) is 4.17. The van der Waals surface area contributed by atoms with Crippen LogP contribution < -0.4 is 0 Å². The van der Waals surface area contributed by atoms with Crippen LogP contribution in [-0.2, 0) is 9.53 Å². The average Bonchev–Trinajstić information content (AvgIpc) is 3.00. The Morgan fingerprint density at radius 3 is 2.62 bits per heavy atom. The molecule has 1 amide bonds. The highest BCUT2D eigenvalue weighted by molar-refractivity contribution is 5.94. The highest BCUT2D eigenvalue weighted by Gasteiger charge is 2.49. The van der Waals surface area contributed by atoms with Gasteiger partial charge in [-0.25, -0.2) is 0 Å². The summed E-state index contributed by atoms with van der Waals surface area (Å²) in [6.45, 7) is 2.51. The van der Waals surface area contributed by atoms with Crippen molar-refractivity contribution >= 4 is 11.7 Å². The van der Waals surface area contributed by atoms with Gasteiger partial charge >= 0.3 is 6.18 Å². The molecule has 2 heterocycles. The van der Waals surface area contributed by atoms with Crippen LogP contribution in [0.4, 0.5) is 13.2 Å². The number of amides is 1. The van der Waals surface area contributed by atoms with Gasteiger partial charge in [-0.3, -0.25) is 9.59 Å². The maximum atomic E-state index is 13.0. The number of Topliss-reactive ketones (excluding diaryl/α,β-unsaturated/α-hetero) is 1. The summed E-state index contributed by atoms with van der Waals surface area (Å²) in [6.07, 6.45) is -3.83. The van der Waals surface area contributed by atoms with Crippen LogP contribution in [0.3, 0.4) is 0 Å². The number of carbonyl (C=O) groups is 2. The molecule has 24 heavy (non-hydrogen) atoms. The molecule has 1 saturated heterocycles. The lowest BCUT2D eigenvalue weighted by atomic mass is 9.87. The SMILES string of the molecule is CC(C)(CC(=O)N1CCOCC1CC(=O)c1ccco1)C(F)(F)F. The number of furan rings is 1. The fraction of sp³-hybridized carbons (Fsp3) is 0.625. The second-order valence-corrected chi connectivity index (χ2v) is 6.48. The van der Waals surface area contributed by atoms with Gasteiger partial charge in [-0.05, 0) is 12.1 Å². The summed E-state index contributed by atoms with van der Waals surface area (Å²) >= 11 is 0. The van der Waals surface area contributed by atoms with E-state index in [2.05, 4.69) is 0 Å². The zero-order chi connectivity index (χ0) is 18.0. The van der Waals surface area contributed by atoms with E-state index < -0.39 is 30.0 Å². The molecule has 1 fully saturated rings. The lowest BCUT2D eigenvalue weighted by Crippen LogP contribution is -2.51. The Bertz CT molecular complexity index is 581. The van der Waals surface area contributed by atoms with Crippen LogP contribution in [0.1, 0.15) is 37.2 Å². The number of alkyl halides is 3. The Morgan fingerprint density at radius 2 is 2.04 bits per heavy atom. The molecular formula is C16H20F3NO4. The van der Waals surface area contributed by atoms with Crippen molar-refractivity contribution in [3.8, 4) is 0 Å². The molecule has 0 radical (unpaired) electrons. The van der Waals surface area contributed by atoms with E-state index in [0.717, 1.165) is 13.8 Å². The molecular weight excluding hydrogens is 327 g/mol. The largest absolute Gasteiger partial charge is 0.461 e. The van der Waals surface area contributed by atoms with Crippen molar-refractivity contribution in [2.24, 2.45) is 5.41 Å². The van der Waals surface area contributed by atoms with Crippen molar-refractivity contribution < 1.29 is 31.9 Å². The van der Waals surface area contributed by atoms with Crippen LogP contribution in [0.15, 0.2) is 22.8 Å². The number of ketones is 1. The fourth-order valence-electron chi connectivity index (χ4n) is 2.48. The Hall–Kier alpha value is -1.83. The van der Waals surface area contributed by atoms with Gasteiger partial charge in [0.2, 0.25) is 5.91 Å². The molecule has 1 aromatic heterocycles. The first kappa shape index (κ1) is 18.5. The van der Waals surface area contributed by atoms with Crippen molar-refractivity contribution in [2.45, 2.75) is 38.9 Å². The number of nitrogens with zero attached hydrogens (tertiary/aromatic N) is 1. The zero-order valence-corrected chi connectivity index (χ0v) is 13.6. The smallest absolute Gasteiger partial charge is 0.394 e. The maximum absolute atomic E-state index is 13.0. The predicted octanol–water partition coefficient (Wildman–Crippen LogP) is 3.06. The van der Waals surface area contributed by atoms with Gasteiger partial charge in [0.15, 0.2) is 11.5 Å². The molecule has 1 unspecified atom stereocenters. The summed E-state index contributed by atoms with van der Waals surface area (Å²) in [6, 6.07) is 2.48. The van der Waals surface area contributed by atoms with Crippen molar-refractivity contribution in [1.82, 2.24) is 4.90 Å². The van der Waals surface area contributed by atoms with Gasteiger partial charge in [0.05, 0.1) is 30.9 Å². The van der Waals surface area contributed by atoms with E-state index in [4.69, 9.17) is 9.15 Å². The first-order valence-electron chi connectivity index (χ1n) is 7.62. The maximum Gasteiger partial charge on any atom is 0.394 e. The molecule has 5 nitrogen and oxygen atoms in total. The highest BCUT2D eigenvalue weighted by atomic mass is 19.4. The molecule has 0 bridgehead atoms. The summed E-state index contributed by atoms with van der Waals surface area (Å²) in [5.41, 5.74) is -2.13. The van der Waals surface area contributed by atoms with Crippen molar-refractivity contribution in [3.63, 3.8) is 0 Å². The summed E-state index contributed by atoms with van der Waals surface area (Å²) in [7, 11) is 0. The highest BCUT2D eigenvalue weighted by Crippen LogP contribution is 2.40. The van der Waals surface area contributed by atoms with Crippen LogP contribution in [-0.4, -0.2) is 48.6 Å². The van der Waals surface area contributed by atoms with Crippen LogP contribution in [0.25, 0.3) is 0 Å². The molecule has 1 atom stereocenters. The molecule has 0 aromatic carbocycles. The first-order chi connectivity index (χ1) is 11.1. The number of hydrogen-bond acceptors (Lipinski definition) is 4. The Kier molecular flexibility index (Phi) is 5.37. The van der Waals surface area contributed by atoms with E-state index >= 15 is 0 Å². The number of halogens is 3. The lowest BCUT2D eigenvalue weighted by molar-refractivity contribution is -0.216. The second-order valence-electron chi connectivity index (χ2n) is 6.48. The van der Waals surface area contributed by atoms with Crippen molar-refractivity contribution in [2.75, 3.05) is 19.8 Å². The normalized spacial score (nSPS) is 19.4. The topological polar surface area (TPSA) is 59.8 Å². The van der Waals surface area contributed by atoms with Gasteiger partial charge in [-0.2, -0.15) is 13.2 Å². The Labute approximate surface area is 137 Å². The first-order valence-corrected chi connectivity index (χ1v) is 7.62. The van der Waals surface area contributed by atoms with Gasteiger partial charge in [-0.15, -0.1) is 0 Å². The number of morpholine rings is 1. The predicted molar refractivity (Wildman–Crippen MR) is 78.4 cm³/mol. The van der Waals surface area contributed by atoms with E-state index in [0.29, 0.717) is 0 Å². The quantitative estimate of drug-likeness (QED) is 0.768. The summed E-state index contributed by atoms with van der Waals surface area (Å²) < 4.78 is 49.3. The summed E-state index contributed by atoms with van der Waals surface area (Å²) in [5, 5.41) is 0. The average molecular weight is 347 g/mol. The Morgan fingerprint density at radius 1 is 1.33 bits per heavy atom. The number of hydrogen-bond donors (Lipinski definition) is 0. The van der Waals surface area contributed by atoms with E-state index in [1.165, 1.54) is 17.2 Å². The van der Waals surface area contributed by atoms with Gasteiger partial charge in [-0.1, -0.05) is 13.8 Å². The van der Waals surface area contributed by atoms with Crippen LogP contribution in [0, 0.1) is 5.41 Å². The van der Waals surface area contributed by atoms with Crippen LogP contribution in [0.2, 0.25) is 0 Å². The van der Waals surface area contributed by atoms with Gasteiger partial charge in [0, 0.05) is 19.4 Å². The molecule has 1 aromatic rings. The Balaban J connectivity index is 2.06.